The summed E-state index contributed by atoms with van der Waals surface area (Å²) in [5.74, 6) is 0.0856. The van der Waals surface area contributed by atoms with Crippen LogP contribution in [0.3, 0.4) is 0 Å². The quantitative estimate of drug-likeness (QED) is 0.697. The molecule has 1 fully saturated rings. The van der Waals surface area contributed by atoms with Crippen LogP contribution in [-0.4, -0.2) is 48.4 Å². The van der Waals surface area contributed by atoms with E-state index in [4.69, 9.17) is 0 Å². The van der Waals surface area contributed by atoms with Crippen molar-refractivity contribution in [3.8, 4) is 0 Å². The minimum absolute atomic E-state index is 0.0246. The lowest BCUT2D eigenvalue weighted by Gasteiger charge is -2.31. The van der Waals surface area contributed by atoms with Crippen LogP contribution < -0.4 is 10.6 Å². The lowest BCUT2D eigenvalue weighted by Crippen LogP contribution is -2.54. The van der Waals surface area contributed by atoms with Crippen LogP contribution in [-0.2, 0) is 9.59 Å². The lowest BCUT2D eigenvalue weighted by atomic mass is 10.0. The number of carbonyl (C=O) groups excluding carboxylic acids is 2. The fraction of sp³-hybridized carbons (Fsp3) is 0.818. The van der Waals surface area contributed by atoms with Gasteiger partial charge in [-0.1, -0.05) is 6.92 Å². The van der Waals surface area contributed by atoms with Gasteiger partial charge in [-0.2, -0.15) is 0 Å². The number of amides is 2. The smallest absolute Gasteiger partial charge is 0.242 e. The highest BCUT2D eigenvalue weighted by Crippen LogP contribution is 2.09. The van der Waals surface area contributed by atoms with Crippen LogP contribution in [0.15, 0.2) is 0 Å². The molecular formula is C11H21N3O2. The first-order valence-corrected chi connectivity index (χ1v) is 5.78. The number of hydrogen-bond acceptors (Lipinski definition) is 3. The van der Waals surface area contributed by atoms with Crippen LogP contribution in [0.4, 0.5) is 0 Å². The maximum absolute atomic E-state index is 12.2. The summed E-state index contributed by atoms with van der Waals surface area (Å²) in [5, 5.41) is 5.91. The highest BCUT2D eigenvalue weighted by Gasteiger charge is 2.31. The molecule has 0 aromatic carbocycles. The van der Waals surface area contributed by atoms with E-state index in [0.29, 0.717) is 26.1 Å². The molecule has 1 aliphatic rings. The molecule has 0 spiro atoms. The Morgan fingerprint density at radius 2 is 2.19 bits per heavy atom. The molecule has 0 aromatic rings. The van der Waals surface area contributed by atoms with E-state index in [-0.39, 0.29) is 11.8 Å². The minimum Gasteiger partial charge on any atom is -0.354 e. The first-order valence-electron chi connectivity index (χ1n) is 5.78. The molecule has 0 unspecified atom stereocenters. The molecule has 0 saturated carbocycles. The van der Waals surface area contributed by atoms with Gasteiger partial charge in [0.2, 0.25) is 11.8 Å². The SMILES string of the molecule is CCNC(C)(C)C(=O)N1CCNC(=O)CC1. The van der Waals surface area contributed by atoms with E-state index >= 15 is 0 Å². The van der Waals surface area contributed by atoms with Gasteiger partial charge < -0.3 is 15.5 Å². The Hall–Kier alpha value is -1.10. The van der Waals surface area contributed by atoms with Crippen molar-refractivity contribution in [1.82, 2.24) is 15.5 Å². The molecular weight excluding hydrogens is 206 g/mol. The first kappa shape index (κ1) is 13.0. The van der Waals surface area contributed by atoms with Crippen LogP contribution in [0.2, 0.25) is 0 Å². The first-order chi connectivity index (χ1) is 7.47. The van der Waals surface area contributed by atoms with Crippen molar-refractivity contribution in [3.63, 3.8) is 0 Å². The summed E-state index contributed by atoms with van der Waals surface area (Å²) in [6.45, 7) is 8.13. The van der Waals surface area contributed by atoms with Crippen molar-refractivity contribution in [2.24, 2.45) is 0 Å². The van der Waals surface area contributed by atoms with Crippen molar-refractivity contribution < 1.29 is 9.59 Å². The fourth-order valence-corrected chi connectivity index (χ4v) is 1.88. The molecule has 1 rings (SSSR count). The van der Waals surface area contributed by atoms with Gasteiger partial charge in [-0.15, -0.1) is 0 Å². The summed E-state index contributed by atoms with van der Waals surface area (Å²) in [7, 11) is 0. The molecule has 5 heteroatoms. The Morgan fingerprint density at radius 3 is 2.81 bits per heavy atom. The van der Waals surface area contributed by atoms with Crippen LogP contribution in [0.5, 0.6) is 0 Å². The summed E-state index contributed by atoms with van der Waals surface area (Å²) < 4.78 is 0. The second-order valence-corrected chi connectivity index (χ2v) is 4.55. The standard InChI is InChI=1S/C11H21N3O2/c1-4-13-11(2,3)10(16)14-7-5-9(15)12-6-8-14/h13H,4-8H2,1-3H3,(H,12,15). The lowest BCUT2D eigenvalue weighted by molar-refractivity contribution is -0.136. The van der Waals surface area contributed by atoms with E-state index in [2.05, 4.69) is 10.6 Å². The monoisotopic (exact) mass is 227 g/mol. The minimum atomic E-state index is -0.553. The van der Waals surface area contributed by atoms with E-state index in [1.165, 1.54) is 0 Å². The summed E-state index contributed by atoms with van der Waals surface area (Å²) in [5.41, 5.74) is -0.553. The van der Waals surface area contributed by atoms with Gasteiger partial charge in [-0.05, 0) is 20.4 Å². The molecule has 0 aliphatic carbocycles. The van der Waals surface area contributed by atoms with Crippen molar-refractivity contribution >= 4 is 11.8 Å². The number of nitrogens with one attached hydrogen (secondary N) is 2. The zero-order chi connectivity index (χ0) is 12.2. The van der Waals surface area contributed by atoms with Gasteiger partial charge in [0.1, 0.15) is 0 Å². The zero-order valence-electron chi connectivity index (χ0n) is 10.3. The van der Waals surface area contributed by atoms with Crippen molar-refractivity contribution in [3.05, 3.63) is 0 Å². The molecule has 2 amide bonds. The average molecular weight is 227 g/mol. The van der Waals surface area contributed by atoms with Gasteiger partial charge in [0.25, 0.3) is 0 Å². The van der Waals surface area contributed by atoms with Gasteiger partial charge in [0, 0.05) is 26.1 Å². The summed E-state index contributed by atoms with van der Waals surface area (Å²) >= 11 is 0. The summed E-state index contributed by atoms with van der Waals surface area (Å²) in [4.78, 5) is 25.1. The maximum atomic E-state index is 12.2. The predicted molar refractivity (Wildman–Crippen MR) is 62.0 cm³/mol. The zero-order valence-corrected chi connectivity index (χ0v) is 10.3. The van der Waals surface area contributed by atoms with E-state index in [1.807, 2.05) is 20.8 Å². The molecule has 0 radical (unpaired) electrons. The van der Waals surface area contributed by atoms with Gasteiger partial charge in [0.15, 0.2) is 0 Å². The molecule has 92 valence electrons. The largest absolute Gasteiger partial charge is 0.354 e. The molecule has 1 aliphatic heterocycles. The molecule has 16 heavy (non-hydrogen) atoms. The predicted octanol–water partition coefficient (Wildman–Crippen LogP) is -0.277. The normalized spacial score (nSPS) is 17.9. The van der Waals surface area contributed by atoms with Crippen molar-refractivity contribution in [1.29, 1.82) is 0 Å². The Morgan fingerprint density at radius 1 is 1.50 bits per heavy atom. The Labute approximate surface area is 96.6 Å². The highest BCUT2D eigenvalue weighted by atomic mass is 16.2. The van der Waals surface area contributed by atoms with E-state index < -0.39 is 5.54 Å². The Kier molecular flexibility index (Phi) is 4.29. The van der Waals surface area contributed by atoms with Crippen LogP contribution >= 0.6 is 0 Å². The summed E-state index contributed by atoms with van der Waals surface area (Å²) in [6, 6.07) is 0. The van der Waals surface area contributed by atoms with Gasteiger partial charge >= 0.3 is 0 Å². The topological polar surface area (TPSA) is 61.4 Å². The highest BCUT2D eigenvalue weighted by molar-refractivity contribution is 5.86. The molecule has 1 heterocycles. The Bertz CT molecular complexity index is 276. The third-order valence-corrected chi connectivity index (χ3v) is 2.75. The third-order valence-electron chi connectivity index (χ3n) is 2.75. The van der Waals surface area contributed by atoms with E-state index in [9.17, 15) is 9.59 Å². The number of carbonyl (C=O) groups is 2. The van der Waals surface area contributed by atoms with Crippen molar-refractivity contribution in [2.45, 2.75) is 32.7 Å². The molecule has 0 aromatic heterocycles. The third kappa shape index (κ3) is 3.20. The maximum Gasteiger partial charge on any atom is 0.242 e. The summed E-state index contributed by atoms with van der Waals surface area (Å²) in [6.07, 6.45) is 0.397. The van der Waals surface area contributed by atoms with E-state index in [0.717, 1.165) is 6.54 Å². The molecule has 2 N–H and O–H groups in total. The van der Waals surface area contributed by atoms with Gasteiger partial charge in [0.05, 0.1) is 5.54 Å². The molecule has 0 atom stereocenters. The molecule has 5 nitrogen and oxygen atoms in total. The number of hydrogen-bond donors (Lipinski definition) is 2. The van der Waals surface area contributed by atoms with Crippen LogP contribution in [0.25, 0.3) is 0 Å². The average Bonchev–Trinajstić information content (AvgIpc) is 2.42. The van der Waals surface area contributed by atoms with Crippen LogP contribution in [0.1, 0.15) is 27.2 Å². The number of likely N-dealkylation sites (N-methyl/N-ethyl adjacent to an activating group) is 1. The van der Waals surface area contributed by atoms with Gasteiger partial charge in [-0.25, -0.2) is 0 Å². The van der Waals surface area contributed by atoms with Gasteiger partial charge in [-0.3, -0.25) is 9.59 Å². The van der Waals surface area contributed by atoms with Crippen LogP contribution in [0, 0.1) is 0 Å². The molecule has 1 saturated heterocycles. The number of rotatable bonds is 3. The van der Waals surface area contributed by atoms with E-state index in [1.54, 1.807) is 4.90 Å². The Balaban J connectivity index is 2.62. The fourth-order valence-electron chi connectivity index (χ4n) is 1.88. The second-order valence-electron chi connectivity index (χ2n) is 4.55. The second kappa shape index (κ2) is 5.30. The van der Waals surface area contributed by atoms with Crippen molar-refractivity contribution in [2.75, 3.05) is 26.2 Å². The number of nitrogens with zero attached hydrogens (tertiary/aromatic N) is 1. The molecule has 0 bridgehead atoms.